The van der Waals surface area contributed by atoms with Crippen LogP contribution in [0.15, 0.2) is 36.4 Å². The molecule has 2 aromatic rings. The van der Waals surface area contributed by atoms with Gasteiger partial charge in [-0.15, -0.1) is 0 Å². The van der Waals surface area contributed by atoms with Gasteiger partial charge in [-0.2, -0.15) is 0 Å². The van der Waals surface area contributed by atoms with E-state index in [1.807, 2.05) is 44.2 Å². The lowest BCUT2D eigenvalue weighted by Crippen LogP contribution is -1.91. The number of hydrogen-bond acceptors (Lipinski definition) is 2. The van der Waals surface area contributed by atoms with Crippen LogP contribution in [0.4, 0.5) is 0 Å². The number of aromatic hydroxyl groups is 2. The van der Waals surface area contributed by atoms with Gasteiger partial charge in [0.1, 0.15) is 11.5 Å². The molecule has 0 saturated heterocycles. The standard InChI is InChI=1S/C15H16O2/c1-10-4-3-5-13(15(10)17)9-12-6-7-14(16)11(2)8-12/h3-8,16-17H,9H2,1-2H3. The first-order valence-corrected chi connectivity index (χ1v) is 5.64. The first-order valence-electron chi connectivity index (χ1n) is 5.64. The van der Waals surface area contributed by atoms with Crippen LogP contribution in [0, 0.1) is 13.8 Å². The van der Waals surface area contributed by atoms with Crippen molar-refractivity contribution >= 4 is 0 Å². The van der Waals surface area contributed by atoms with Gasteiger partial charge in [-0.25, -0.2) is 0 Å². The lowest BCUT2D eigenvalue weighted by Gasteiger charge is -2.08. The zero-order chi connectivity index (χ0) is 12.4. The molecule has 88 valence electrons. The minimum absolute atomic E-state index is 0.308. The van der Waals surface area contributed by atoms with Gasteiger partial charge in [0.25, 0.3) is 0 Å². The number of benzene rings is 2. The molecule has 0 aliphatic carbocycles. The van der Waals surface area contributed by atoms with E-state index in [9.17, 15) is 10.2 Å². The molecule has 0 fully saturated rings. The Labute approximate surface area is 101 Å². The molecule has 0 aliphatic rings. The van der Waals surface area contributed by atoms with Crippen LogP contribution in [0.5, 0.6) is 11.5 Å². The SMILES string of the molecule is Cc1cc(Cc2cccc(C)c2O)ccc1O. The van der Waals surface area contributed by atoms with Crippen LogP contribution < -0.4 is 0 Å². The third-order valence-electron chi connectivity index (χ3n) is 2.98. The molecule has 0 radical (unpaired) electrons. The molecule has 0 heterocycles. The maximum absolute atomic E-state index is 9.93. The van der Waals surface area contributed by atoms with E-state index in [1.54, 1.807) is 6.07 Å². The van der Waals surface area contributed by atoms with E-state index in [-0.39, 0.29) is 0 Å². The van der Waals surface area contributed by atoms with Crippen molar-refractivity contribution in [3.05, 3.63) is 58.7 Å². The van der Waals surface area contributed by atoms with Gasteiger partial charge in [-0.05, 0) is 42.2 Å². The van der Waals surface area contributed by atoms with Gasteiger partial charge in [-0.3, -0.25) is 0 Å². The van der Waals surface area contributed by atoms with Crippen molar-refractivity contribution in [2.45, 2.75) is 20.3 Å². The van der Waals surface area contributed by atoms with Crippen molar-refractivity contribution in [3.63, 3.8) is 0 Å². The summed E-state index contributed by atoms with van der Waals surface area (Å²) < 4.78 is 0. The highest BCUT2D eigenvalue weighted by molar-refractivity contribution is 5.44. The molecule has 0 amide bonds. The van der Waals surface area contributed by atoms with Gasteiger partial charge < -0.3 is 10.2 Å². The highest BCUT2D eigenvalue weighted by atomic mass is 16.3. The van der Waals surface area contributed by atoms with Crippen LogP contribution in [0.2, 0.25) is 0 Å². The van der Waals surface area contributed by atoms with Crippen LogP contribution in [-0.2, 0) is 6.42 Å². The first kappa shape index (κ1) is 11.5. The van der Waals surface area contributed by atoms with Gasteiger partial charge in [0, 0.05) is 6.42 Å². The van der Waals surface area contributed by atoms with Gasteiger partial charge in [0.15, 0.2) is 0 Å². The van der Waals surface area contributed by atoms with Gasteiger partial charge in [0.05, 0.1) is 0 Å². The van der Waals surface area contributed by atoms with Crippen molar-refractivity contribution in [2.75, 3.05) is 0 Å². The van der Waals surface area contributed by atoms with E-state index in [2.05, 4.69) is 0 Å². The molecule has 2 N–H and O–H groups in total. The fourth-order valence-electron chi connectivity index (χ4n) is 1.91. The molecule has 0 spiro atoms. The summed E-state index contributed by atoms with van der Waals surface area (Å²) in [5, 5.41) is 19.4. The molecular weight excluding hydrogens is 212 g/mol. The molecule has 2 rings (SSSR count). The molecule has 0 unspecified atom stereocenters. The van der Waals surface area contributed by atoms with Crippen molar-refractivity contribution in [1.82, 2.24) is 0 Å². The number of phenolic OH excluding ortho intramolecular Hbond substituents is 2. The summed E-state index contributed by atoms with van der Waals surface area (Å²) in [6.45, 7) is 3.76. The predicted octanol–water partition coefficient (Wildman–Crippen LogP) is 3.31. The first-order chi connectivity index (χ1) is 8.08. The fourth-order valence-corrected chi connectivity index (χ4v) is 1.91. The number of phenols is 2. The minimum Gasteiger partial charge on any atom is -0.508 e. The number of aryl methyl sites for hydroxylation is 2. The van der Waals surface area contributed by atoms with E-state index >= 15 is 0 Å². The summed E-state index contributed by atoms with van der Waals surface area (Å²) in [5.41, 5.74) is 3.74. The molecule has 2 aromatic carbocycles. The van der Waals surface area contributed by atoms with Gasteiger partial charge >= 0.3 is 0 Å². The summed E-state index contributed by atoms with van der Waals surface area (Å²) >= 11 is 0. The summed E-state index contributed by atoms with van der Waals surface area (Å²) in [6, 6.07) is 11.3. The molecule has 2 heteroatoms. The van der Waals surface area contributed by atoms with E-state index in [1.165, 1.54) is 0 Å². The molecular formula is C15H16O2. The summed E-state index contributed by atoms with van der Waals surface area (Å²) in [7, 11) is 0. The van der Waals surface area contributed by atoms with Crippen LogP contribution >= 0.6 is 0 Å². The molecule has 0 aliphatic heterocycles. The monoisotopic (exact) mass is 228 g/mol. The minimum atomic E-state index is 0.308. The van der Waals surface area contributed by atoms with Gasteiger partial charge in [-0.1, -0.05) is 30.3 Å². The van der Waals surface area contributed by atoms with Gasteiger partial charge in [0.2, 0.25) is 0 Å². The maximum atomic E-state index is 9.93. The Balaban J connectivity index is 2.31. The lowest BCUT2D eigenvalue weighted by atomic mass is 10.0. The second kappa shape index (κ2) is 4.50. The molecule has 0 saturated carbocycles. The van der Waals surface area contributed by atoms with E-state index in [0.717, 1.165) is 22.3 Å². The Kier molecular flexibility index (Phi) is 3.05. The number of hydrogen-bond donors (Lipinski definition) is 2. The van der Waals surface area contributed by atoms with Crippen LogP contribution in [0.1, 0.15) is 22.3 Å². The smallest absolute Gasteiger partial charge is 0.122 e. The fraction of sp³-hybridized carbons (Fsp3) is 0.200. The second-order valence-corrected chi connectivity index (χ2v) is 4.38. The zero-order valence-corrected chi connectivity index (χ0v) is 10.1. The average molecular weight is 228 g/mol. The second-order valence-electron chi connectivity index (χ2n) is 4.38. The molecule has 0 bridgehead atoms. The Hall–Kier alpha value is -1.96. The van der Waals surface area contributed by atoms with E-state index in [0.29, 0.717) is 17.9 Å². The van der Waals surface area contributed by atoms with Crippen molar-refractivity contribution in [3.8, 4) is 11.5 Å². The number of para-hydroxylation sites is 1. The Morgan fingerprint density at radius 3 is 2.41 bits per heavy atom. The predicted molar refractivity (Wildman–Crippen MR) is 68.5 cm³/mol. The normalized spacial score (nSPS) is 10.5. The molecule has 17 heavy (non-hydrogen) atoms. The summed E-state index contributed by atoms with van der Waals surface area (Å²) in [4.78, 5) is 0. The molecule has 2 nitrogen and oxygen atoms in total. The largest absolute Gasteiger partial charge is 0.508 e. The Bertz CT molecular complexity index is 545. The lowest BCUT2D eigenvalue weighted by molar-refractivity contribution is 0.465. The average Bonchev–Trinajstić information content (AvgIpc) is 2.30. The maximum Gasteiger partial charge on any atom is 0.122 e. The quantitative estimate of drug-likeness (QED) is 0.828. The van der Waals surface area contributed by atoms with Crippen molar-refractivity contribution in [2.24, 2.45) is 0 Å². The highest BCUT2D eigenvalue weighted by Crippen LogP contribution is 2.25. The zero-order valence-electron chi connectivity index (χ0n) is 10.1. The van der Waals surface area contributed by atoms with Crippen molar-refractivity contribution in [1.29, 1.82) is 0 Å². The van der Waals surface area contributed by atoms with Crippen LogP contribution in [0.3, 0.4) is 0 Å². The number of rotatable bonds is 2. The van der Waals surface area contributed by atoms with Crippen molar-refractivity contribution < 1.29 is 10.2 Å². The van der Waals surface area contributed by atoms with E-state index in [4.69, 9.17) is 0 Å². The highest BCUT2D eigenvalue weighted by Gasteiger charge is 2.05. The third kappa shape index (κ3) is 2.41. The van der Waals surface area contributed by atoms with E-state index < -0.39 is 0 Å². The molecule has 0 atom stereocenters. The topological polar surface area (TPSA) is 40.5 Å². The van der Waals surface area contributed by atoms with Crippen LogP contribution in [-0.4, -0.2) is 10.2 Å². The molecule has 0 aromatic heterocycles. The third-order valence-corrected chi connectivity index (χ3v) is 2.98. The summed E-state index contributed by atoms with van der Waals surface area (Å²) in [5.74, 6) is 0.667. The van der Waals surface area contributed by atoms with Crippen LogP contribution in [0.25, 0.3) is 0 Å². The summed E-state index contributed by atoms with van der Waals surface area (Å²) in [6.07, 6.45) is 0.675. The Morgan fingerprint density at radius 2 is 1.71 bits per heavy atom. The Morgan fingerprint density at radius 1 is 0.941 bits per heavy atom.